The predicted octanol–water partition coefficient (Wildman–Crippen LogP) is 0.215. The Morgan fingerprint density at radius 2 is 2.40 bits per heavy atom. The lowest BCUT2D eigenvalue weighted by molar-refractivity contribution is -0.131. The molecule has 0 aromatic rings. The van der Waals surface area contributed by atoms with Gasteiger partial charge in [-0.3, -0.25) is 4.79 Å². The highest BCUT2D eigenvalue weighted by Gasteiger charge is 2.20. The number of hydrogen-bond acceptors (Lipinski definition) is 3. The molecule has 1 heterocycles. The predicted molar refractivity (Wildman–Crippen MR) is 59.5 cm³/mol. The summed E-state index contributed by atoms with van der Waals surface area (Å²) in [5.74, 6) is 0.704. The van der Waals surface area contributed by atoms with E-state index < -0.39 is 0 Å². The van der Waals surface area contributed by atoms with Crippen LogP contribution in [0.2, 0.25) is 0 Å². The Labute approximate surface area is 91.6 Å². The molecule has 2 atom stereocenters. The summed E-state index contributed by atoms with van der Waals surface area (Å²) < 4.78 is 0. The molecule has 0 aliphatic carbocycles. The highest BCUT2D eigenvalue weighted by Crippen LogP contribution is 2.13. The Hall–Kier alpha value is -0.610. The fourth-order valence-corrected chi connectivity index (χ4v) is 1.80. The van der Waals surface area contributed by atoms with Crippen molar-refractivity contribution in [2.75, 3.05) is 26.7 Å². The number of aliphatic hydroxyl groups is 1. The molecule has 0 radical (unpaired) electrons. The van der Waals surface area contributed by atoms with Crippen molar-refractivity contribution in [3.8, 4) is 0 Å². The third kappa shape index (κ3) is 4.62. The summed E-state index contributed by atoms with van der Waals surface area (Å²) >= 11 is 0. The van der Waals surface area contributed by atoms with Crippen LogP contribution in [0.1, 0.15) is 26.2 Å². The molecule has 0 aromatic carbocycles. The van der Waals surface area contributed by atoms with Gasteiger partial charge in [-0.15, -0.1) is 0 Å². The molecule has 1 fully saturated rings. The van der Waals surface area contributed by atoms with Gasteiger partial charge in [0.2, 0.25) is 5.91 Å². The standard InChI is InChI=1S/C11H22N2O2/c1-9(14)4-6-13(2)11(15)7-10-3-5-12-8-10/h9-10,12,14H,3-8H2,1-2H3. The molecule has 1 rings (SSSR count). The number of carbonyl (C=O) groups excluding carboxylic acids is 1. The van der Waals surface area contributed by atoms with Crippen LogP contribution in [0.3, 0.4) is 0 Å². The zero-order chi connectivity index (χ0) is 11.3. The second-order valence-corrected chi connectivity index (χ2v) is 4.52. The van der Waals surface area contributed by atoms with Crippen LogP contribution in [-0.4, -0.2) is 48.7 Å². The van der Waals surface area contributed by atoms with E-state index in [-0.39, 0.29) is 12.0 Å². The first-order valence-corrected chi connectivity index (χ1v) is 5.72. The fourth-order valence-electron chi connectivity index (χ4n) is 1.80. The minimum atomic E-state index is -0.326. The zero-order valence-corrected chi connectivity index (χ0v) is 9.70. The van der Waals surface area contributed by atoms with Crippen LogP contribution < -0.4 is 5.32 Å². The Kier molecular flexibility index (Phi) is 5.05. The van der Waals surface area contributed by atoms with Crippen molar-refractivity contribution >= 4 is 5.91 Å². The van der Waals surface area contributed by atoms with Gasteiger partial charge in [0.25, 0.3) is 0 Å². The molecule has 4 nitrogen and oxygen atoms in total. The molecule has 1 saturated heterocycles. The lowest BCUT2D eigenvalue weighted by Gasteiger charge is -2.19. The maximum atomic E-state index is 11.7. The maximum absolute atomic E-state index is 11.7. The summed E-state index contributed by atoms with van der Waals surface area (Å²) in [6, 6.07) is 0. The van der Waals surface area contributed by atoms with E-state index in [1.165, 1.54) is 0 Å². The lowest BCUT2D eigenvalue weighted by atomic mass is 10.0. The van der Waals surface area contributed by atoms with Gasteiger partial charge in [-0.05, 0) is 38.8 Å². The summed E-state index contributed by atoms with van der Waals surface area (Å²) in [5, 5.41) is 12.4. The minimum absolute atomic E-state index is 0.198. The fraction of sp³-hybridized carbons (Fsp3) is 0.909. The van der Waals surface area contributed by atoms with Gasteiger partial charge >= 0.3 is 0 Å². The van der Waals surface area contributed by atoms with Crippen LogP contribution >= 0.6 is 0 Å². The first kappa shape index (κ1) is 12.5. The number of hydrogen-bond donors (Lipinski definition) is 2. The third-order valence-corrected chi connectivity index (χ3v) is 2.93. The number of nitrogens with one attached hydrogen (secondary N) is 1. The molecule has 2 unspecified atom stereocenters. The van der Waals surface area contributed by atoms with Crippen molar-refractivity contribution in [3.05, 3.63) is 0 Å². The summed E-state index contributed by atoms with van der Waals surface area (Å²) in [4.78, 5) is 13.5. The largest absolute Gasteiger partial charge is 0.393 e. The molecule has 1 amide bonds. The summed E-state index contributed by atoms with van der Waals surface area (Å²) in [6.45, 7) is 4.40. The number of nitrogens with zero attached hydrogens (tertiary/aromatic N) is 1. The van der Waals surface area contributed by atoms with Crippen molar-refractivity contribution < 1.29 is 9.90 Å². The summed E-state index contributed by atoms with van der Waals surface area (Å²) in [5.41, 5.74) is 0. The normalized spacial score (nSPS) is 22.7. The van der Waals surface area contributed by atoms with Gasteiger partial charge in [-0.2, -0.15) is 0 Å². The van der Waals surface area contributed by atoms with Gasteiger partial charge in [0.1, 0.15) is 0 Å². The average molecular weight is 214 g/mol. The molecule has 4 heteroatoms. The van der Waals surface area contributed by atoms with E-state index in [2.05, 4.69) is 5.32 Å². The quantitative estimate of drug-likeness (QED) is 0.688. The van der Waals surface area contributed by atoms with E-state index in [4.69, 9.17) is 5.11 Å². The van der Waals surface area contributed by atoms with Gasteiger partial charge in [-0.1, -0.05) is 0 Å². The van der Waals surface area contributed by atoms with E-state index in [1.807, 2.05) is 7.05 Å². The summed E-state index contributed by atoms with van der Waals surface area (Å²) in [7, 11) is 1.81. The molecule has 0 spiro atoms. The highest BCUT2D eigenvalue weighted by atomic mass is 16.3. The van der Waals surface area contributed by atoms with Gasteiger partial charge < -0.3 is 15.3 Å². The number of amides is 1. The molecule has 0 saturated carbocycles. The molecule has 0 aromatic heterocycles. The Balaban J connectivity index is 2.20. The van der Waals surface area contributed by atoms with E-state index in [0.29, 0.717) is 25.3 Å². The molecule has 1 aliphatic heterocycles. The van der Waals surface area contributed by atoms with Gasteiger partial charge in [-0.25, -0.2) is 0 Å². The number of aliphatic hydroxyl groups excluding tert-OH is 1. The lowest BCUT2D eigenvalue weighted by Crippen LogP contribution is -2.31. The monoisotopic (exact) mass is 214 g/mol. The van der Waals surface area contributed by atoms with Crippen molar-refractivity contribution in [2.24, 2.45) is 5.92 Å². The van der Waals surface area contributed by atoms with E-state index in [9.17, 15) is 4.79 Å². The van der Waals surface area contributed by atoms with E-state index >= 15 is 0 Å². The smallest absolute Gasteiger partial charge is 0.222 e. The van der Waals surface area contributed by atoms with Crippen LogP contribution in [0.5, 0.6) is 0 Å². The van der Waals surface area contributed by atoms with Crippen LogP contribution in [0, 0.1) is 5.92 Å². The first-order chi connectivity index (χ1) is 7.09. The van der Waals surface area contributed by atoms with Gasteiger partial charge in [0, 0.05) is 20.0 Å². The average Bonchev–Trinajstić information content (AvgIpc) is 2.66. The molecular formula is C11H22N2O2. The first-order valence-electron chi connectivity index (χ1n) is 5.72. The molecule has 88 valence electrons. The Morgan fingerprint density at radius 3 is 2.93 bits per heavy atom. The van der Waals surface area contributed by atoms with Crippen molar-refractivity contribution in [3.63, 3.8) is 0 Å². The summed E-state index contributed by atoms with van der Waals surface area (Å²) in [6.07, 6.45) is 2.08. The second-order valence-electron chi connectivity index (χ2n) is 4.52. The molecule has 15 heavy (non-hydrogen) atoms. The SMILES string of the molecule is CC(O)CCN(C)C(=O)CC1CCNC1. The van der Waals surface area contributed by atoms with Gasteiger partial charge in [0.15, 0.2) is 0 Å². The minimum Gasteiger partial charge on any atom is -0.393 e. The van der Waals surface area contributed by atoms with Crippen molar-refractivity contribution in [2.45, 2.75) is 32.3 Å². The van der Waals surface area contributed by atoms with Crippen LogP contribution in [0.4, 0.5) is 0 Å². The number of rotatable bonds is 5. The van der Waals surface area contributed by atoms with Gasteiger partial charge in [0.05, 0.1) is 6.10 Å². The zero-order valence-electron chi connectivity index (χ0n) is 9.70. The Bertz CT molecular complexity index is 201. The maximum Gasteiger partial charge on any atom is 0.222 e. The topological polar surface area (TPSA) is 52.6 Å². The number of carbonyl (C=O) groups is 1. The van der Waals surface area contributed by atoms with Crippen LogP contribution in [-0.2, 0) is 4.79 Å². The third-order valence-electron chi connectivity index (χ3n) is 2.93. The van der Waals surface area contributed by atoms with Crippen LogP contribution in [0.25, 0.3) is 0 Å². The molecule has 2 N–H and O–H groups in total. The van der Waals surface area contributed by atoms with Crippen LogP contribution in [0.15, 0.2) is 0 Å². The molecule has 0 bridgehead atoms. The van der Waals surface area contributed by atoms with E-state index in [1.54, 1.807) is 11.8 Å². The molecular weight excluding hydrogens is 192 g/mol. The Morgan fingerprint density at radius 1 is 1.67 bits per heavy atom. The van der Waals surface area contributed by atoms with E-state index in [0.717, 1.165) is 19.5 Å². The highest BCUT2D eigenvalue weighted by molar-refractivity contribution is 5.76. The van der Waals surface area contributed by atoms with Crippen molar-refractivity contribution in [1.82, 2.24) is 10.2 Å². The second kappa shape index (κ2) is 6.08. The van der Waals surface area contributed by atoms with Crippen molar-refractivity contribution in [1.29, 1.82) is 0 Å². The molecule has 1 aliphatic rings.